The third-order valence-electron chi connectivity index (χ3n) is 3.92. The third-order valence-corrected chi connectivity index (χ3v) is 3.92. The van der Waals surface area contributed by atoms with Crippen LogP contribution in [0.25, 0.3) is 0 Å². The van der Waals surface area contributed by atoms with Gasteiger partial charge in [0.15, 0.2) is 5.79 Å². The van der Waals surface area contributed by atoms with Gasteiger partial charge < -0.3 is 19.1 Å². The fourth-order valence-electron chi connectivity index (χ4n) is 2.77. The quantitative estimate of drug-likeness (QED) is 0.789. The van der Waals surface area contributed by atoms with Gasteiger partial charge in [-0.05, 0) is 19.1 Å². The molecule has 0 aliphatic carbocycles. The van der Waals surface area contributed by atoms with Crippen LogP contribution in [0.15, 0.2) is 18.3 Å². The first-order valence-corrected chi connectivity index (χ1v) is 7.38. The number of pyridine rings is 1. The average molecular weight is 292 g/mol. The average Bonchev–Trinajstić information content (AvgIpc) is 2.97. The fraction of sp³-hybridized carbons (Fsp3) is 0.600. The fourth-order valence-corrected chi connectivity index (χ4v) is 2.77. The molecule has 1 aromatic rings. The summed E-state index contributed by atoms with van der Waals surface area (Å²) >= 11 is 0. The van der Waals surface area contributed by atoms with Crippen LogP contribution in [0.4, 0.5) is 5.82 Å². The van der Waals surface area contributed by atoms with Crippen molar-refractivity contribution >= 4 is 11.8 Å². The number of carbonyl (C=O) groups is 1. The van der Waals surface area contributed by atoms with Crippen LogP contribution in [0.2, 0.25) is 0 Å². The molecule has 2 aliphatic rings. The number of nitrogens with zero attached hydrogens (tertiary/aromatic N) is 2. The van der Waals surface area contributed by atoms with E-state index >= 15 is 0 Å². The maximum atomic E-state index is 11.6. The molecule has 3 heterocycles. The summed E-state index contributed by atoms with van der Waals surface area (Å²) in [5, 5.41) is 0. The molecule has 21 heavy (non-hydrogen) atoms. The van der Waals surface area contributed by atoms with Gasteiger partial charge in [-0.3, -0.25) is 0 Å². The number of rotatable bonds is 3. The van der Waals surface area contributed by atoms with E-state index in [1.54, 1.807) is 19.2 Å². The smallest absolute Gasteiger partial charge is 0.339 e. The van der Waals surface area contributed by atoms with Crippen molar-refractivity contribution in [2.45, 2.75) is 25.6 Å². The molecule has 0 saturated carbocycles. The SMILES string of the molecule is CCOC(=O)c1ccc(N2CCC3(CC2)OCCO3)nc1. The Bertz CT molecular complexity index is 487. The lowest BCUT2D eigenvalue weighted by molar-refractivity contribution is -0.169. The lowest BCUT2D eigenvalue weighted by Gasteiger charge is -2.38. The molecule has 6 heteroatoms. The molecular formula is C15H20N2O4. The van der Waals surface area contributed by atoms with Crippen molar-refractivity contribution in [1.82, 2.24) is 4.98 Å². The highest BCUT2D eigenvalue weighted by molar-refractivity contribution is 5.89. The molecule has 1 aromatic heterocycles. The Balaban J connectivity index is 1.61. The Kier molecular flexibility index (Phi) is 4.07. The molecule has 0 bridgehead atoms. The van der Waals surface area contributed by atoms with Crippen LogP contribution < -0.4 is 4.90 Å². The normalized spacial score (nSPS) is 20.7. The summed E-state index contributed by atoms with van der Waals surface area (Å²) < 4.78 is 16.4. The molecule has 0 amide bonds. The number of esters is 1. The lowest BCUT2D eigenvalue weighted by atomic mass is 10.0. The van der Waals surface area contributed by atoms with Crippen LogP contribution in [-0.2, 0) is 14.2 Å². The molecule has 3 rings (SSSR count). The summed E-state index contributed by atoms with van der Waals surface area (Å²) in [5.41, 5.74) is 0.483. The number of hydrogen-bond acceptors (Lipinski definition) is 6. The van der Waals surface area contributed by atoms with Crippen molar-refractivity contribution in [2.75, 3.05) is 37.8 Å². The summed E-state index contributed by atoms with van der Waals surface area (Å²) in [6.07, 6.45) is 3.25. The summed E-state index contributed by atoms with van der Waals surface area (Å²) in [6.45, 7) is 5.21. The number of anilines is 1. The first-order valence-electron chi connectivity index (χ1n) is 7.38. The van der Waals surface area contributed by atoms with Gasteiger partial charge in [-0.25, -0.2) is 9.78 Å². The standard InChI is InChI=1S/C15H20N2O4/c1-2-19-14(18)12-3-4-13(16-11-12)17-7-5-15(6-8-17)20-9-10-21-15/h3-4,11H,2,5-10H2,1H3. The van der Waals surface area contributed by atoms with Crippen LogP contribution in [0.5, 0.6) is 0 Å². The van der Waals surface area contributed by atoms with E-state index < -0.39 is 0 Å². The van der Waals surface area contributed by atoms with Crippen LogP contribution in [0, 0.1) is 0 Å². The predicted octanol–water partition coefficient (Wildman–Crippen LogP) is 1.60. The van der Waals surface area contributed by atoms with Crippen LogP contribution in [-0.4, -0.2) is 49.7 Å². The van der Waals surface area contributed by atoms with E-state index in [2.05, 4.69) is 9.88 Å². The van der Waals surface area contributed by atoms with Crippen molar-refractivity contribution in [3.8, 4) is 0 Å². The summed E-state index contributed by atoms with van der Waals surface area (Å²) in [5.74, 6) is 0.166. The minimum absolute atomic E-state index is 0.332. The molecule has 0 unspecified atom stereocenters. The number of ether oxygens (including phenoxy) is 3. The number of aromatic nitrogens is 1. The number of hydrogen-bond donors (Lipinski definition) is 0. The van der Waals surface area contributed by atoms with Gasteiger partial charge in [0, 0.05) is 32.1 Å². The summed E-state index contributed by atoms with van der Waals surface area (Å²) in [4.78, 5) is 18.1. The molecular weight excluding hydrogens is 272 g/mol. The van der Waals surface area contributed by atoms with Crippen molar-refractivity contribution < 1.29 is 19.0 Å². The van der Waals surface area contributed by atoms with E-state index in [1.807, 2.05) is 6.07 Å². The van der Waals surface area contributed by atoms with Crippen molar-refractivity contribution in [3.63, 3.8) is 0 Å². The van der Waals surface area contributed by atoms with E-state index in [4.69, 9.17) is 14.2 Å². The van der Waals surface area contributed by atoms with E-state index in [1.165, 1.54) is 0 Å². The zero-order valence-corrected chi connectivity index (χ0v) is 12.2. The molecule has 2 saturated heterocycles. The van der Waals surface area contributed by atoms with Crippen LogP contribution in [0.1, 0.15) is 30.1 Å². The largest absolute Gasteiger partial charge is 0.462 e. The minimum Gasteiger partial charge on any atom is -0.462 e. The summed E-state index contributed by atoms with van der Waals surface area (Å²) in [6, 6.07) is 3.62. The van der Waals surface area contributed by atoms with Gasteiger partial charge in [-0.15, -0.1) is 0 Å². The molecule has 0 N–H and O–H groups in total. The van der Waals surface area contributed by atoms with E-state index in [-0.39, 0.29) is 11.8 Å². The second kappa shape index (κ2) is 5.99. The monoisotopic (exact) mass is 292 g/mol. The molecule has 114 valence electrons. The molecule has 6 nitrogen and oxygen atoms in total. The Morgan fingerprint density at radius 1 is 1.33 bits per heavy atom. The molecule has 2 fully saturated rings. The second-order valence-corrected chi connectivity index (χ2v) is 5.22. The Morgan fingerprint density at radius 3 is 2.62 bits per heavy atom. The molecule has 1 spiro atoms. The third kappa shape index (κ3) is 3.01. The van der Waals surface area contributed by atoms with Gasteiger partial charge in [-0.2, -0.15) is 0 Å². The lowest BCUT2D eigenvalue weighted by Crippen LogP contribution is -2.45. The van der Waals surface area contributed by atoms with E-state index in [9.17, 15) is 4.79 Å². The molecule has 0 aromatic carbocycles. The second-order valence-electron chi connectivity index (χ2n) is 5.22. The van der Waals surface area contributed by atoms with E-state index in [0.717, 1.165) is 31.7 Å². The highest BCUT2D eigenvalue weighted by Crippen LogP contribution is 2.32. The Labute approximate surface area is 124 Å². The van der Waals surface area contributed by atoms with Gasteiger partial charge >= 0.3 is 5.97 Å². The van der Waals surface area contributed by atoms with Crippen molar-refractivity contribution in [2.24, 2.45) is 0 Å². The van der Waals surface area contributed by atoms with Gasteiger partial charge in [-0.1, -0.05) is 0 Å². The first kappa shape index (κ1) is 14.3. The van der Waals surface area contributed by atoms with Crippen LogP contribution in [0.3, 0.4) is 0 Å². The zero-order valence-electron chi connectivity index (χ0n) is 12.2. The molecule has 0 radical (unpaired) electrons. The topological polar surface area (TPSA) is 60.9 Å². The first-order chi connectivity index (χ1) is 10.2. The number of piperidine rings is 1. The Morgan fingerprint density at radius 2 is 2.05 bits per heavy atom. The van der Waals surface area contributed by atoms with Gasteiger partial charge in [0.25, 0.3) is 0 Å². The van der Waals surface area contributed by atoms with Crippen molar-refractivity contribution in [1.29, 1.82) is 0 Å². The molecule has 0 atom stereocenters. The maximum absolute atomic E-state index is 11.6. The zero-order chi connectivity index (χ0) is 14.7. The highest BCUT2D eigenvalue weighted by Gasteiger charge is 2.39. The van der Waals surface area contributed by atoms with Gasteiger partial charge in [0.05, 0.1) is 25.4 Å². The number of carbonyl (C=O) groups excluding carboxylic acids is 1. The minimum atomic E-state index is -0.374. The predicted molar refractivity (Wildman–Crippen MR) is 76.3 cm³/mol. The van der Waals surface area contributed by atoms with Crippen molar-refractivity contribution in [3.05, 3.63) is 23.9 Å². The van der Waals surface area contributed by atoms with Crippen LogP contribution >= 0.6 is 0 Å². The maximum Gasteiger partial charge on any atom is 0.339 e. The molecule has 2 aliphatic heterocycles. The van der Waals surface area contributed by atoms with E-state index in [0.29, 0.717) is 25.4 Å². The highest BCUT2D eigenvalue weighted by atomic mass is 16.7. The summed E-state index contributed by atoms with van der Waals surface area (Å²) in [7, 11) is 0. The van der Waals surface area contributed by atoms with Gasteiger partial charge in [0.2, 0.25) is 0 Å². The Hall–Kier alpha value is -1.66. The van der Waals surface area contributed by atoms with Gasteiger partial charge in [0.1, 0.15) is 5.82 Å².